The monoisotopic (exact) mass is 405 g/mol. The number of carbonyl (C=O) groups excluding carboxylic acids is 4. The van der Waals surface area contributed by atoms with Crippen LogP contribution in [0.5, 0.6) is 0 Å². The van der Waals surface area contributed by atoms with E-state index < -0.39 is 54.3 Å². The summed E-state index contributed by atoms with van der Waals surface area (Å²) in [4.78, 5) is 57.5. The van der Waals surface area contributed by atoms with Crippen LogP contribution in [0, 0.1) is 5.92 Å². The highest BCUT2D eigenvalue weighted by Crippen LogP contribution is 2.02. The molecule has 4 amide bonds. The fraction of sp³-hybridized carbons (Fsp3) is 0.667. The van der Waals surface area contributed by atoms with Crippen LogP contribution in [0.15, 0.2) is 0 Å². The zero-order valence-corrected chi connectivity index (χ0v) is 16.1. The van der Waals surface area contributed by atoms with Crippen molar-refractivity contribution in [3.63, 3.8) is 0 Å². The number of carbonyl (C=O) groups is 5. The topological polar surface area (TPSA) is 194 Å². The highest BCUT2D eigenvalue weighted by Gasteiger charge is 2.28. The second-order valence-electron chi connectivity index (χ2n) is 6.20. The van der Waals surface area contributed by atoms with Crippen molar-refractivity contribution in [2.75, 3.05) is 12.3 Å². The van der Waals surface area contributed by atoms with Gasteiger partial charge in [-0.25, -0.2) is 4.79 Å². The zero-order chi connectivity index (χ0) is 21.1. The lowest BCUT2D eigenvalue weighted by Gasteiger charge is -2.22. The van der Waals surface area contributed by atoms with Gasteiger partial charge in [-0.15, -0.1) is 0 Å². The van der Waals surface area contributed by atoms with Crippen molar-refractivity contribution < 1.29 is 29.1 Å². The van der Waals surface area contributed by atoms with E-state index in [2.05, 4.69) is 28.6 Å². The molecule has 11 nitrogen and oxygen atoms in total. The first kappa shape index (κ1) is 24.7. The van der Waals surface area contributed by atoms with E-state index >= 15 is 0 Å². The van der Waals surface area contributed by atoms with E-state index in [-0.39, 0.29) is 24.5 Å². The molecule has 8 N–H and O–H groups in total. The summed E-state index contributed by atoms with van der Waals surface area (Å²) in [5, 5.41) is 16.0. The fourth-order valence-electron chi connectivity index (χ4n) is 1.93. The summed E-state index contributed by atoms with van der Waals surface area (Å²) in [7, 11) is 0. The Kier molecular flexibility index (Phi) is 11.1. The first-order valence-corrected chi connectivity index (χ1v) is 8.87. The molecule has 0 bridgehead atoms. The van der Waals surface area contributed by atoms with E-state index in [1.807, 2.05) is 0 Å². The van der Waals surface area contributed by atoms with Gasteiger partial charge in [-0.2, -0.15) is 12.6 Å². The first-order valence-electron chi connectivity index (χ1n) is 8.24. The maximum Gasteiger partial charge on any atom is 0.326 e. The maximum atomic E-state index is 12.1. The van der Waals surface area contributed by atoms with Gasteiger partial charge in [0.1, 0.15) is 12.1 Å². The third kappa shape index (κ3) is 9.80. The van der Waals surface area contributed by atoms with Gasteiger partial charge >= 0.3 is 5.97 Å². The largest absolute Gasteiger partial charge is 0.480 e. The summed E-state index contributed by atoms with van der Waals surface area (Å²) < 4.78 is 0. The number of hydrogen-bond acceptors (Lipinski definition) is 7. The Labute approximate surface area is 162 Å². The average Bonchev–Trinajstić information content (AvgIpc) is 2.58. The summed E-state index contributed by atoms with van der Waals surface area (Å²) in [5.41, 5.74) is 10.5. The van der Waals surface area contributed by atoms with Crippen molar-refractivity contribution in [3.8, 4) is 0 Å². The Balaban J connectivity index is 4.55. The Hall–Kier alpha value is -2.34. The number of amides is 4. The molecule has 0 saturated carbocycles. The highest BCUT2D eigenvalue weighted by atomic mass is 32.1. The molecule has 3 atom stereocenters. The molecule has 0 aliphatic heterocycles. The molecule has 0 rings (SSSR count). The molecule has 0 aromatic carbocycles. The predicted molar refractivity (Wildman–Crippen MR) is 99.6 cm³/mol. The predicted octanol–water partition coefficient (Wildman–Crippen LogP) is -2.66. The minimum atomic E-state index is -1.19. The van der Waals surface area contributed by atoms with E-state index in [1.165, 1.54) is 0 Å². The summed E-state index contributed by atoms with van der Waals surface area (Å²) >= 11 is 3.97. The number of nitrogens with two attached hydrogens (primary N) is 2. The Morgan fingerprint density at radius 2 is 1.67 bits per heavy atom. The second kappa shape index (κ2) is 12.1. The van der Waals surface area contributed by atoms with Gasteiger partial charge in [0.25, 0.3) is 0 Å². The van der Waals surface area contributed by atoms with Crippen LogP contribution in [-0.4, -0.2) is 65.1 Å². The van der Waals surface area contributed by atoms with Gasteiger partial charge in [-0.3, -0.25) is 19.2 Å². The molecule has 0 fully saturated rings. The fourth-order valence-corrected chi connectivity index (χ4v) is 2.19. The van der Waals surface area contributed by atoms with Crippen LogP contribution < -0.4 is 27.4 Å². The minimum Gasteiger partial charge on any atom is -0.480 e. The molecular formula is C15H27N5O6S. The van der Waals surface area contributed by atoms with Crippen LogP contribution in [0.25, 0.3) is 0 Å². The Bertz CT molecular complexity index is 571. The number of carboxylic acids is 1. The quantitative estimate of drug-likeness (QED) is 0.172. The Morgan fingerprint density at radius 3 is 2.11 bits per heavy atom. The highest BCUT2D eigenvalue weighted by molar-refractivity contribution is 7.80. The molecule has 0 aromatic rings. The number of thiol groups is 1. The molecule has 0 aromatic heterocycles. The zero-order valence-electron chi connectivity index (χ0n) is 15.2. The lowest BCUT2D eigenvalue weighted by atomic mass is 10.0. The third-order valence-electron chi connectivity index (χ3n) is 3.53. The Morgan fingerprint density at radius 1 is 1.07 bits per heavy atom. The summed E-state index contributed by atoms with van der Waals surface area (Å²) in [5.74, 6) is -4.26. The van der Waals surface area contributed by atoms with Gasteiger partial charge in [0, 0.05) is 12.2 Å². The molecule has 0 spiro atoms. The van der Waals surface area contributed by atoms with Gasteiger partial charge in [0.15, 0.2) is 0 Å². The van der Waals surface area contributed by atoms with Crippen molar-refractivity contribution >= 4 is 42.2 Å². The molecule has 3 unspecified atom stereocenters. The molecule has 0 radical (unpaired) electrons. The summed E-state index contributed by atoms with van der Waals surface area (Å²) in [6.07, 6.45) is -0.0283. The number of aliphatic carboxylic acids is 1. The van der Waals surface area contributed by atoms with Gasteiger partial charge < -0.3 is 32.5 Å². The second-order valence-corrected chi connectivity index (χ2v) is 6.57. The number of hydrogen-bond donors (Lipinski definition) is 7. The minimum absolute atomic E-state index is 0.0379. The van der Waals surface area contributed by atoms with Crippen LogP contribution in [0.2, 0.25) is 0 Å². The lowest BCUT2D eigenvalue weighted by molar-refractivity contribution is -0.143. The van der Waals surface area contributed by atoms with Crippen molar-refractivity contribution in [2.24, 2.45) is 17.4 Å². The van der Waals surface area contributed by atoms with Crippen molar-refractivity contribution in [1.82, 2.24) is 16.0 Å². The van der Waals surface area contributed by atoms with Gasteiger partial charge in [0.05, 0.1) is 12.6 Å². The van der Waals surface area contributed by atoms with E-state index in [0.29, 0.717) is 0 Å². The lowest BCUT2D eigenvalue weighted by Crippen LogP contribution is -2.55. The van der Waals surface area contributed by atoms with Crippen molar-refractivity contribution in [3.05, 3.63) is 0 Å². The van der Waals surface area contributed by atoms with Crippen LogP contribution in [0.4, 0.5) is 0 Å². The van der Waals surface area contributed by atoms with Crippen LogP contribution in [0.3, 0.4) is 0 Å². The van der Waals surface area contributed by atoms with Gasteiger partial charge in [-0.1, -0.05) is 13.8 Å². The van der Waals surface area contributed by atoms with E-state index in [1.54, 1.807) is 13.8 Å². The third-order valence-corrected chi connectivity index (χ3v) is 3.89. The molecule has 12 heteroatoms. The van der Waals surface area contributed by atoms with E-state index in [4.69, 9.17) is 16.6 Å². The summed E-state index contributed by atoms with van der Waals surface area (Å²) in [6, 6.07) is -3.20. The number of carboxylic acid groups (broad SMARTS) is 1. The van der Waals surface area contributed by atoms with Crippen LogP contribution >= 0.6 is 12.6 Å². The normalized spacial score (nSPS) is 14.0. The van der Waals surface area contributed by atoms with Crippen molar-refractivity contribution in [1.29, 1.82) is 0 Å². The standard InChI is InChI=1S/C15H27N5O6S/c1-7(2)12(15(25)26)20-14(24)9(6-27)19-11(22)5-18-13(23)8(16)3-4-10(17)21/h7-9,12,27H,3-6,16H2,1-2H3,(H2,17,21)(H,18,23)(H,19,22)(H,20,24)(H,25,26). The molecule has 27 heavy (non-hydrogen) atoms. The molecule has 0 aliphatic rings. The molecular weight excluding hydrogens is 378 g/mol. The number of primary amides is 1. The molecule has 0 heterocycles. The summed E-state index contributed by atoms with van der Waals surface area (Å²) in [6.45, 7) is 2.81. The number of nitrogens with one attached hydrogen (secondary N) is 3. The van der Waals surface area contributed by atoms with Gasteiger partial charge in [0.2, 0.25) is 23.6 Å². The molecule has 0 aliphatic carbocycles. The number of rotatable bonds is 12. The van der Waals surface area contributed by atoms with Crippen LogP contribution in [0.1, 0.15) is 26.7 Å². The smallest absolute Gasteiger partial charge is 0.326 e. The van der Waals surface area contributed by atoms with Crippen LogP contribution in [-0.2, 0) is 24.0 Å². The van der Waals surface area contributed by atoms with Crippen molar-refractivity contribution in [2.45, 2.75) is 44.8 Å². The first-order chi connectivity index (χ1) is 12.5. The maximum absolute atomic E-state index is 12.1. The SMILES string of the molecule is CC(C)C(NC(=O)C(CS)NC(=O)CNC(=O)C(N)CCC(N)=O)C(=O)O. The van der Waals surface area contributed by atoms with E-state index in [9.17, 15) is 24.0 Å². The van der Waals surface area contributed by atoms with Gasteiger partial charge in [-0.05, 0) is 12.3 Å². The van der Waals surface area contributed by atoms with E-state index in [0.717, 1.165) is 0 Å². The molecule has 0 saturated heterocycles. The average molecular weight is 405 g/mol. The molecule has 154 valence electrons.